The van der Waals surface area contributed by atoms with Gasteiger partial charge in [0, 0.05) is 22.3 Å². The van der Waals surface area contributed by atoms with Gasteiger partial charge in [0.25, 0.3) is 0 Å². The largest absolute Gasteiger partial charge is 0.459 e. The highest BCUT2D eigenvalue weighted by atomic mass is 31.1. The van der Waals surface area contributed by atoms with Crippen molar-refractivity contribution in [1.82, 2.24) is 0 Å². The number of carbonyl (C=O) groups is 2. The SMILES string of the molecule is Cc1cc(C)c(C(=O)[P+](=O)c2c(C)c(C)c(C(=O)c3ccccc3)c(C)c2C)c(C)c1. The summed E-state index contributed by atoms with van der Waals surface area (Å²) in [7, 11) is -2.32. The van der Waals surface area contributed by atoms with Gasteiger partial charge in [-0.05, 0) is 70.7 Å². The number of aryl methyl sites for hydroxylation is 3. The molecule has 0 amide bonds. The summed E-state index contributed by atoms with van der Waals surface area (Å²) in [5.74, 6) is -0.0554. The Morgan fingerprint density at radius 1 is 0.677 bits per heavy atom. The number of benzene rings is 3. The van der Waals surface area contributed by atoms with Crippen LogP contribution >= 0.6 is 7.80 Å². The van der Waals surface area contributed by atoms with Crippen LogP contribution in [0.4, 0.5) is 0 Å². The maximum Gasteiger partial charge on any atom is 0.459 e. The second kappa shape index (κ2) is 8.69. The Kier molecular flexibility index (Phi) is 6.38. The predicted molar refractivity (Wildman–Crippen MR) is 127 cm³/mol. The molecule has 0 heterocycles. The summed E-state index contributed by atoms with van der Waals surface area (Å²) in [6.45, 7) is 13.2. The fourth-order valence-electron chi connectivity index (χ4n) is 4.39. The summed E-state index contributed by atoms with van der Waals surface area (Å²) in [5, 5.41) is 0.555. The normalized spacial score (nSPS) is 11.4. The van der Waals surface area contributed by atoms with E-state index in [1.165, 1.54) is 0 Å². The molecule has 0 radical (unpaired) electrons. The average molecular weight is 431 g/mol. The number of ketones is 1. The molecule has 1 atom stereocenters. The van der Waals surface area contributed by atoms with Crippen LogP contribution in [0.2, 0.25) is 0 Å². The summed E-state index contributed by atoms with van der Waals surface area (Å²) in [5.41, 5.74) is 7.23. The molecule has 0 fully saturated rings. The van der Waals surface area contributed by atoms with Crippen LogP contribution < -0.4 is 5.30 Å². The first kappa shape index (κ1) is 22.8. The Morgan fingerprint density at radius 3 is 1.65 bits per heavy atom. The Balaban J connectivity index is 2.15. The molecule has 31 heavy (non-hydrogen) atoms. The maximum atomic E-state index is 13.5. The molecule has 0 saturated carbocycles. The van der Waals surface area contributed by atoms with Gasteiger partial charge in [-0.25, -0.2) is 4.79 Å². The number of hydrogen-bond donors (Lipinski definition) is 0. The first-order valence-electron chi connectivity index (χ1n) is 10.4. The Labute approximate surface area is 185 Å². The molecule has 0 aliphatic rings. The van der Waals surface area contributed by atoms with E-state index in [0.717, 1.165) is 38.9 Å². The van der Waals surface area contributed by atoms with E-state index in [9.17, 15) is 14.2 Å². The number of rotatable bonds is 5. The zero-order valence-corrected chi connectivity index (χ0v) is 20.1. The summed E-state index contributed by atoms with van der Waals surface area (Å²) in [6.07, 6.45) is 0. The molecule has 3 nitrogen and oxygen atoms in total. The molecule has 0 aliphatic heterocycles. The van der Waals surface area contributed by atoms with Crippen molar-refractivity contribution in [2.45, 2.75) is 48.5 Å². The highest BCUT2D eigenvalue weighted by Gasteiger charge is 2.39. The molecule has 1 unspecified atom stereocenters. The summed E-state index contributed by atoms with van der Waals surface area (Å²) in [4.78, 5) is 26.5. The minimum atomic E-state index is -2.32. The van der Waals surface area contributed by atoms with Crippen LogP contribution in [0.25, 0.3) is 0 Å². The van der Waals surface area contributed by atoms with E-state index in [1.54, 1.807) is 12.1 Å². The van der Waals surface area contributed by atoms with Gasteiger partial charge >= 0.3 is 13.3 Å². The Hall–Kier alpha value is -2.90. The molecule has 0 N–H and O–H groups in total. The van der Waals surface area contributed by atoms with Crippen molar-refractivity contribution in [2.75, 3.05) is 0 Å². The maximum absolute atomic E-state index is 13.5. The Bertz CT molecular complexity index is 1190. The van der Waals surface area contributed by atoms with E-state index in [4.69, 9.17) is 0 Å². The van der Waals surface area contributed by atoms with Gasteiger partial charge in [-0.1, -0.05) is 52.6 Å². The summed E-state index contributed by atoms with van der Waals surface area (Å²) in [6, 6.07) is 13.0. The van der Waals surface area contributed by atoms with Crippen molar-refractivity contribution in [1.29, 1.82) is 0 Å². The van der Waals surface area contributed by atoms with Gasteiger partial charge in [0.2, 0.25) is 5.30 Å². The van der Waals surface area contributed by atoms with E-state index in [1.807, 2.05) is 78.8 Å². The lowest BCUT2D eigenvalue weighted by atomic mass is 9.89. The van der Waals surface area contributed by atoms with Crippen molar-refractivity contribution in [2.24, 2.45) is 0 Å². The van der Waals surface area contributed by atoms with Gasteiger partial charge in [0.15, 0.2) is 5.78 Å². The summed E-state index contributed by atoms with van der Waals surface area (Å²) >= 11 is 0. The highest BCUT2D eigenvalue weighted by molar-refractivity contribution is 7.71. The molecule has 0 spiro atoms. The molecule has 3 rings (SSSR count). The van der Waals surface area contributed by atoms with Crippen LogP contribution in [-0.2, 0) is 4.57 Å². The lowest BCUT2D eigenvalue weighted by Crippen LogP contribution is -2.20. The molecular weight excluding hydrogens is 403 g/mol. The minimum absolute atomic E-state index is 0.0554. The molecule has 3 aromatic carbocycles. The van der Waals surface area contributed by atoms with Gasteiger partial charge in [-0.3, -0.25) is 4.79 Å². The number of carbonyl (C=O) groups excluding carboxylic acids is 2. The third-order valence-corrected chi connectivity index (χ3v) is 7.80. The topological polar surface area (TPSA) is 51.2 Å². The average Bonchev–Trinajstić information content (AvgIpc) is 2.72. The standard InChI is InChI=1S/C27H28O3P/c1-15-13-16(2)23(17(3)14-15)27(29)31(30)26-20(6)18(4)24(19(5)21(26)7)25(28)22-11-9-8-10-12-22/h8-14H,1-7H3/q+1. The van der Waals surface area contributed by atoms with E-state index in [2.05, 4.69) is 0 Å². The van der Waals surface area contributed by atoms with E-state index < -0.39 is 7.80 Å². The highest BCUT2D eigenvalue weighted by Crippen LogP contribution is 2.36. The van der Waals surface area contributed by atoms with E-state index in [0.29, 0.717) is 22.0 Å². The quantitative estimate of drug-likeness (QED) is 0.348. The smallest absolute Gasteiger partial charge is 0.289 e. The predicted octanol–water partition coefficient (Wildman–Crippen LogP) is 6.37. The van der Waals surface area contributed by atoms with Crippen LogP contribution in [0.5, 0.6) is 0 Å². The second-order valence-corrected chi connectivity index (χ2v) is 9.73. The van der Waals surface area contributed by atoms with Crippen LogP contribution in [-0.4, -0.2) is 11.3 Å². The van der Waals surface area contributed by atoms with E-state index >= 15 is 0 Å². The fraction of sp³-hybridized carbons (Fsp3) is 0.259. The summed E-state index contributed by atoms with van der Waals surface area (Å²) < 4.78 is 13.5. The molecule has 158 valence electrons. The third-order valence-electron chi connectivity index (χ3n) is 6.13. The van der Waals surface area contributed by atoms with Crippen molar-refractivity contribution < 1.29 is 14.2 Å². The first-order valence-corrected chi connectivity index (χ1v) is 11.6. The van der Waals surface area contributed by atoms with E-state index in [-0.39, 0.29) is 11.3 Å². The first-order chi connectivity index (χ1) is 14.6. The lowest BCUT2D eigenvalue weighted by Gasteiger charge is -2.15. The van der Waals surface area contributed by atoms with Crippen LogP contribution in [0, 0.1) is 48.5 Å². The monoisotopic (exact) mass is 431 g/mol. The fourth-order valence-corrected chi connectivity index (χ4v) is 6.10. The molecule has 0 bridgehead atoms. The van der Waals surface area contributed by atoms with Crippen LogP contribution in [0.3, 0.4) is 0 Å². The molecular formula is C27H28O3P+. The van der Waals surface area contributed by atoms with Gasteiger partial charge in [0.05, 0.1) is 5.56 Å². The van der Waals surface area contributed by atoms with Gasteiger partial charge in [0.1, 0.15) is 0 Å². The van der Waals surface area contributed by atoms with Gasteiger partial charge < -0.3 is 0 Å². The van der Waals surface area contributed by atoms with Crippen LogP contribution in [0.15, 0.2) is 42.5 Å². The minimum Gasteiger partial charge on any atom is -0.289 e. The molecule has 3 aromatic rings. The van der Waals surface area contributed by atoms with Crippen LogP contribution in [0.1, 0.15) is 65.2 Å². The zero-order chi connectivity index (χ0) is 23.0. The second-order valence-electron chi connectivity index (χ2n) is 8.29. The molecule has 0 saturated heterocycles. The molecule has 0 aromatic heterocycles. The lowest BCUT2D eigenvalue weighted by molar-refractivity contribution is 0.103. The Morgan fingerprint density at radius 2 is 1.16 bits per heavy atom. The van der Waals surface area contributed by atoms with Gasteiger partial charge in [-0.2, -0.15) is 0 Å². The van der Waals surface area contributed by atoms with Crippen molar-refractivity contribution >= 4 is 24.4 Å². The molecule has 4 heteroatoms. The van der Waals surface area contributed by atoms with Crippen molar-refractivity contribution in [3.05, 3.63) is 98.1 Å². The molecule has 0 aliphatic carbocycles. The van der Waals surface area contributed by atoms with Crippen molar-refractivity contribution in [3.63, 3.8) is 0 Å². The zero-order valence-electron chi connectivity index (χ0n) is 19.2. The van der Waals surface area contributed by atoms with Crippen molar-refractivity contribution in [3.8, 4) is 0 Å². The van der Waals surface area contributed by atoms with Gasteiger partial charge in [-0.15, -0.1) is 0 Å². The third kappa shape index (κ3) is 4.03. The number of hydrogen-bond acceptors (Lipinski definition) is 3.